The molecule has 2 aliphatic rings. The average molecular weight is 429 g/mol. The van der Waals surface area contributed by atoms with Crippen molar-refractivity contribution < 1.29 is 19.0 Å². The van der Waals surface area contributed by atoms with E-state index in [1.807, 2.05) is 31.2 Å². The maximum atomic E-state index is 13.4. The third-order valence-corrected chi connectivity index (χ3v) is 6.14. The number of nitrogens with zero attached hydrogens (tertiary/aromatic N) is 1. The van der Waals surface area contributed by atoms with Crippen molar-refractivity contribution in [2.45, 2.75) is 51.7 Å². The third kappa shape index (κ3) is 5.46. The SMILES string of the molecule is CCOc1ccc2[nH]c(=O)c(CN(C[C@@H]3COCCO3)C(=O)C3CCCCC3)cc2c1. The van der Waals surface area contributed by atoms with Crippen LogP contribution in [0.1, 0.15) is 44.6 Å². The lowest BCUT2D eigenvalue weighted by molar-refractivity contribution is -0.144. The van der Waals surface area contributed by atoms with Crippen molar-refractivity contribution in [2.75, 3.05) is 33.0 Å². The second kappa shape index (κ2) is 10.3. The van der Waals surface area contributed by atoms with Crippen molar-refractivity contribution >= 4 is 16.8 Å². The first-order valence-electron chi connectivity index (χ1n) is 11.4. The minimum absolute atomic E-state index is 0.0300. The van der Waals surface area contributed by atoms with Gasteiger partial charge in [-0.05, 0) is 44.0 Å². The fourth-order valence-electron chi connectivity index (χ4n) is 4.54. The Morgan fingerprint density at radius 1 is 1.19 bits per heavy atom. The third-order valence-electron chi connectivity index (χ3n) is 6.14. The van der Waals surface area contributed by atoms with E-state index in [-0.39, 0.29) is 30.0 Å². The molecule has 2 fully saturated rings. The van der Waals surface area contributed by atoms with Gasteiger partial charge in [0.15, 0.2) is 0 Å². The van der Waals surface area contributed by atoms with Gasteiger partial charge in [-0.15, -0.1) is 0 Å². The molecule has 1 aliphatic carbocycles. The lowest BCUT2D eigenvalue weighted by Gasteiger charge is -2.33. The van der Waals surface area contributed by atoms with Gasteiger partial charge in [-0.1, -0.05) is 19.3 Å². The first kappa shape index (κ1) is 21.8. The van der Waals surface area contributed by atoms with Crippen LogP contribution in [0.15, 0.2) is 29.1 Å². The smallest absolute Gasteiger partial charge is 0.253 e. The van der Waals surface area contributed by atoms with Gasteiger partial charge < -0.3 is 24.1 Å². The molecular formula is C24H32N2O5. The summed E-state index contributed by atoms with van der Waals surface area (Å²) in [6.45, 7) is 4.81. The molecule has 1 atom stereocenters. The van der Waals surface area contributed by atoms with Crippen LogP contribution in [0.25, 0.3) is 10.9 Å². The zero-order chi connectivity index (χ0) is 21.6. The lowest BCUT2D eigenvalue weighted by Crippen LogP contribution is -2.45. The molecule has 2 aromatic rings. The van der Waals surface area contributed by atoms with Crippen LogP contribution < -0.4 is 10.3 Å². The highest BCUT2D eigenvalue weighted by atomic mass is 16.6. The fourth-order valence-corrected chi connectivity index (χ4v) is 4.54. The molecule has 0 unspecified atom stereocenters. The van der Waals surface area contributed by atoms with Crippen molar-refractivity contribution in [3.8, 4) is 5.75 Å². The zero-order valence-electron chi connectivity index (χ0n) is 18.2. The standard InChI is InChI=1S/C24H32N2O5/c1-2-30-20-8-9-22-18(13-20)12-19(23(27)25-22)14-26(15-21-16-29-10-11-31-21)24(28)17-6-4-3-5-7-17/h8-9,12-13,17,21H,2-7,10-11,14-16H2,1H3,(H,25,27)/t21-/m1/s1. The van der Waals surface area contributed by atoms with Gasteiger partial charge in [-0.2, -0.15) is 0 Å². The average Bonchev–Trinajstić information content (AvgIpc) is 2.80. The van der Waals surface area contributed by atoms with Crippen molar-refractivity contribution in [3.05, 3.63) is 40.2 Å². The van der Waals surface area contributed by atoms with E-state index in [4.69, 9.17) is 14.2 Å². The molecule has 0 bridgehead atoms. The van der Waals surface area contributed by atoms with Gasteiger partial charge in [0.05, 0.1) is 39.1 Å². The van der Waals surface area contributed by atoms with Crippen LogP contribution in [-0.2, 0) is 20.8 Å². The largest absolute Gasteiger partial charge is 0.494 e. The number of pyridine rings is 1. The summed E-state index contributed by atoms with van der Waals surface area (Å²) in [5.41, 5.74) is 1.16. The maximum Gasteiger partial charge on any atom is 0.253 e. The molecule has 31 heavy (non-hydrogen) atoms. The fraction of sp³-hybridized carbons (Fsp3) is 0.583. The van der Waals surface area contributed by atoms with Gasteiger partial charge in [-0.25, -0.2) is 0 Å². The number of hydrogen-bond donors (Lipinski definition) is 1. The molecule has 1 aromatic heterocycles. The molecule has 1 aliphatic heterocycles. The number of ether oxygens (including phenoxy) is 3. The molecule has 0 spiro atoms. The zero-order valence-corrected chi connectivity index (χ0v) is 18.2. The topological polar surface area (TPSA) is 80.9 Å². The number of carbonyl (C=O) groups excluding carboxylic acids is 1. The number of nitrogens with one attached hydrogen (secondary N) is 1. The summed E-state index contributed by atoms with van der Waals surface area (Å²) in [7, 11) is 0. The van der Waals surface area contributed by atoms with Crippen LogP contribution in [0.3, 0.4) is 0 Å². The minimum Gasteiger partial charge on any atom is -0.494 e. The molecule has 4 rings (SSSR count). The first-order chi connectivity index (χ1) is 15.1. The van der Waals surface area contributed by atoms with Crippen LogP contribution in [0.2, 0.25) is 0 Å². The normalized spacial score (nSPS) is 20.0. The summed E-state index contributed by atoms with van der Waals surface area (Å²) in [6.07, 6.45) is 5.04. The molecule has 1 aromatic carbocycles. The van der Waals surface area contributed by atoms with Gasteiger partial charge in [0, 0.05) is 28.9 Å². The molecular weight excluding hydrogens is 396 g/mol. The van der Waals surface area contributed by atoms with E-state index in [0.717, 1.165) is 42.3 Å². The van der Waals surface area contributed by atoms with Crippen LogP contribution in [0.4, 0.5) is 0 Å². The van der Waals surface area contributed by atoms with E-state index in [9.17, 15) is 9.59 Å². The van der Waals surface area contributed by atoms with Gasteiger partial charge >= 0.3 is 0 Å². The first-order valence-corrected chi connectivity index (χ1v) is 11.4. The Labute approximate surface area is 182 Å². The van der Waals surface area contributed by atoms with Crippen LogP contribution in [0.5, 0.6) is 5.75 Å². The molecule has 1 saturated heterocycles. The van der Waals surface area contributed by atoms with Crippen LogP contribution in [0, 0.1) is 5.92 Å². The molecule has 7 nitrogen and oxygen atoms in total. The summed E-state index contributed by atoms with van der Waals surface area (Å²) in [5.74, 6) is 0.912. The predicted molar refractivity (Wildman–Crippen MR) is 118 cm³/mol. The van der Waals surface area contributed by atoms with E-state index in [1.165, 1.54) is 6.42 Å². The molecule has 0 radical (unpaired) electrons. The van der Waals surface area contributed by atoms with E-state index in [1.54, 1.807) is 4.90 Å². The van der Waals surface area contributed by atoms with Crippen LogP contribution in [-0.4, -0.2) is 54.9 Å². The summed E-state index contributed by atoms with van der Waals surface area (Å²) < 4.78 is 16.9. The number of fused-ring (bicyclic) bond motifs is 1. The van der Waals surface area contributed by atoms with Crippen molar-refractivity contribution in [1.82, 2.24) is 9.88 Å². The van der Waals surface area contributed by atoms with E-state index in [2.05, 4.69) is 4.98 Å². The number of aromatic amines is 1. The Balaban J connectivity index is 1.59. The maximum absolute atomic E-state index is 13.4. The summed E-state index contributed by atoms with van der Waals surface area (Å²) in [4.78, 5) is 30.9. The molecule has 168 valence electrons. The number of benzene rings is 1. The highest BCUT2D eigenvalue weighted by Gasteiger charge is 2.29. The van der Waals surface area contributed by atoms with E-state index < -0.39 is 0 Å². The summed E-state index contributed by atoms with van der Waals surface area (Å²) >= 11 is 0. The van der Waals surface area contributed by atoms with Crippen molar-refractivity contribution in [3.63, 3.8) is 0 Å². The quantitative estimate of drug-likeness (QED) is 0.732. The molecule has 1 saturated carbocycles. The van der Waals surface area contributed by atoms with E-state index >= 15 is 0 Å². The van der Waals surface area contributed by atoms with Crippen molar-refractivity contribution in [1.29, 1.82) is 0 Å². The number of rotatable bonds is 7. The number of H-pyrrole nitrogens is 1. The van der Waals surface area contributed by atoms with Crippen molar-refractivity contribution in [2.24, 2.45) is 5.92 Å². The highest BCUT2D eigenvalue weighted by Crippen LogP contribution is 2.27. The molecule has 1 amide bonds. The lowest BCUT2D eigenvalue weighted by atomic mass is 9.88. The molecule has 2 heterocycles. The number of amides is 1. The second-order valence-electron chi connectivity index (χ2n) is 8.43. The highest BCUT2D eigenvalue weighted by molar-refractivity contribution is 5.81. The Hall–Kier alpha value is -2.38. The number of aromatic nitrogens is 1. The summed E-state index contributed by atoms with van der Waals surface area (Å²) in [5, 5.41) is 0.892. The van der Waals surface area contributed by atoms with Gasteiger partial charge in [-0.3, -0.25) is 9.59 Å². The monoisotopic (exact) mass is 428 g/mol. The van der Waals surface area contributed by atoms with Crippen LogP contribution >= 0.6 is 0 Å². The predicted octanol–water partition coefficient (Wildman–Crippen LogP) is 3.25. The Bertz CT molecular complexity index is 945. The molecule has 7 heteroatoms. The second-order valence-corrected chi connectivity index (χ2v) is 8.43. The Kier molecular flexibility index (Phi) is 7.25. The summed E-state index contributed by atoms with van der Waals surface area (Å²) in [6, 6.07) is 7.49. The molecule has 1 N–H and O–H groups in total. The Morgan fingerprint density at radius 3 is 2.77 bits per heavy atom. The van der Waals surface area contributed by atoms with Gasteiger partial charge in [0.2, 0.25) is 5.91 Å². The van der Waals surface area contributed by atoms with Gasteiger partial charge in [0.25, 0.3) is 5.56 Å². The number of carbonyl (C=O) groups is 1. The minimum atomic E-state index is -0.168. The van der Waals surface area contributed by atoms with E-state index in [0.29, 0.717) is 38.5 Å². The number of hydrogen-bond acceptors (Lipinski definition) is 5. The van der Waals surface area contributed by atoms with Gasteiger partial charge in [0.1, 0.15) is 5.75 Å². The Morgan fingerprint density at radius 2 is 2.03 bits per heavy atom.